The molecule has 6 aromatic carbocycles. The van der Waals surface area contributed by atoms with E-state index in [1.54, 1.807) is 12.1 Å². The highest BCUT2D eigenvalue weighted by molar-refractivity contribution is 6.09. The number of hydrogen-bond acceptors (Lipinski definition) is 4. The second-order valence-electron chi connectivity index (χ2n) is 8.46. The zero-order valence-corrected chi connectivity index (χ0v) is 18.7. The molecule has 168 valence electrons. The number of fused-ring (bicyclic) bond motifs is 6. The summed E-state index contributed by atoms with van der Waals surface area (Å²) in [5.41, 5.74) is 0. The first kappa shape index (κ1) is 20.9. The average molecular weight is 456 g/mol. The Kier molecular flexibility index (Phi) is 5.12. The van der Waals surface area contributed by atoms with Crippen molar-refractivity contribution in [3.05, 3.63) is 109 Å². The summed E-state index contributed by atoms with van der Waals surface area (Å²) in [6.45, 7) is 0. The van der Waals surface area contributed by atoms with E-state index in [1.807, 2.05) is 84.9 Å². The van der Waals surface area contributed by atoms with Crippen LogP contribution in [0.1, 0.15) is 6.42 Å². The molecule has 0 aliphatic heterocycles. The van der Waals surface area contributed by atoms with E-state index in [-0.39, 0.29) is 0 Å². The summed E-state index contributed by atoms with van der Waals surface area (Å²) in [4.78, 5) is 25.0. The third-order valence-electron chi connectivity index (χ3n) is 6.19. The van der Waals surface area contributed by atoms with Gasteiger partial charge in [0.15, 0.2) is 0 Å². The lowest BCUT2D eigenvalue weighted by molar-refractivity contribution is -0.144. The lowest BCUT2D eigenvalue weighted by Gasteiger charge is -2.09. The molecule has 0 unspecified atom stereocenters. The Bertz CT molecular complexity index is 1640. The Morgan fingerprint density at radius 2 is 0.829 bits per heavy atom. The van der Waals surface area contributed by atoms with Crippen LogP contribution in [0, 0.1) is 0 Å². The predicted octanol–water partition coefficient (Wildman–Crippen LogP) is 7.20. The average Bonchev–Trinajstić information content (AvgIpc) is 2.88. The fourth-order valence-electron chi connectivity index (χ4n) is 4.54. The number of benzene rings is 6. The minimum atomic E-state index is -0.666. The molecule has 0 N–H and O–H groups in total. The van der Waals surface area contributed by atoms with Crippen LogP contribution in [-0.4, -0.2) is 11.9 Å². The molecule has 35 heavy (non-hydrogen) atoms. The van der Waals surface area contributed by atoms with E-state index < -0.39 is 18.4 Å². The summed E-state index contributed by atoms with van der Waals surface area (Å²) in [6.07, 6.45) is -0.485. The minimum Gasteiger partial charge on any atom is -0.426 e. The summed E-state index contributed by atoms with van der Waals surface area (Å²) in [5, 5.41) is 8.43. The molecule has 0 fully saturated rings. The van der Waals surface area contributed by atoms with Crippen LogP contribution < -0.4 is 9.47 Å². The van der Waals surface area contributed by atoms with Gasteiger partial charge in [-0.15, -0.1) is 0 Å². The van der Waals surface area contributed by atoms with Crippen molar-refractivity contribution in [3.8, 4) is 11.5 Å². The van der Waals surface area contributed by atoms with E-state index in [4.69, 9.17) is 9.47 Å². The lowest BCUT2D eigenvalue weighted by Crippen LogP contribution is -2.18. The summed E-state index contributed by atoms with van der Waals surface area (Å²) in [5.74, 6) is -0.547. The quantitative estimate of drug-likeness (QED) is 0.122. The third-order valence-corrected chi connectivity index (χ3v) is 6.19. The van der Waals surface area contributed by atoms with E-state index in [9.17, 15) is 9.59 Å². The van der Waals surface area contributed by atoms with Gasteiger partial charge in [0, 0.05) is 0 Å². The van der Waals surface area contributed by atoms with Crippen LogP contribution in [0.2, 0.25) is 0 Å². The van der Waals surface area contributed by atoms with Gasteiger partial charge in [-0.05, 0) is 67.4 Å². The Hall–Kier alpha value is -4.70. The number of carbonyl (C=O) groups excluding carboxylic acids is 2. The zero-order valence-electron chi connectivity index (χ0n) is 18.7. The number of esters is 2. The lowest BCUT2D eigenvalue weighted by atomic mass is 10.0. The van der Waals surface area contributed by atoms with Crippen molar-refractivity contribution in [1.29, 1.82) is 0 Å². The van der Waals surface area contributed by atoms with Crippen molar-refractivity contribution in [1.82, 2.24) is 0 Å². The standard InChI is InChI=1S/C31H20O4/c32-30(34-24-15-13-22-11-9-20-5-1-3-7-26(20)28(22)17-24)19-31(33)35-25-16-14-23-12-10-21-6-2-4-8-27(21)29(23)18-25/h1-18H,19H2. The van der Waals surface area contributed by atoms with Crippen LogP contribution in [0.5, 0.6) is 11.5 Å². The second-order valence-corrected chi connectivity index (χ2v) is 8.46. The molecule has 4 heteroatoms. The molecule has 0 radical (unpaired) electrons. The number of carbonyl (C=O) groups is 2. The fraction of sp³-hybridized carbons (Fsp3) is 0.0323. The Balaban J connectivity index is 1.19. The molecule has 4 nitrogen and oxygen atoms in total. The smallest absolute Gasteiger partial charge is 0.322 e. The van der Waals surface area contributed by atoms with Crippen molar-refractivity contribution < 1.29 is 19.1 Å². The highest BCUT2D eigenvalue weighted by Crippen LogP contribution is 2.30. The molecular formula is C31H20O4. The SMILES string of the molecule is O=C(CC(=O)Oc1ccc2ccc3ccccc3c2c1)Oc1ccc2ccc3ccccc3c2c1. The first-order valence-electron chi connectivity index (χ1n) is 11.4. The van der Waals surface area contributed by atoms with Crippen molar-refractivity contribution >= 4 is 55.0 Å². The van der Waals surface area contributed by atoms with E-state index in [0.717, 1.165) is 43.1 Å². The van der Waals surface area contributed by atoms with Gasteiger partial charge in [0.05, 0.1) is 0 Å². The van der Waals surface area contributed by atoms with Crippen molar-refractivity contribution in [2.45, 2.75) is 6.42 Å². The van der Waals surface area contributed by atoms with Crippen molar-refractivity contribution in [2.75, 3.05) is 0 Å². The highest BCUT2D eigenvalue weighted by Gasteiger charge is 2.15. The maximum atomic E-state index is 12.5. The van der Waals surface area contributed by atoms with Gasteiger partial charge >= 0.3 is 11.9 Å². The van der Waals surface area contributed by atoms with E-state index in [1.165, 1.54) is 0 Å². The van der Waals surface area contributed by atoms with Crippen LogP contribution in [0.3, 0.4) is 0 Å². The predicted molar refractivity (Wildman–Crippen MR) is 139 cm³/mol. The van der Waals surface area contributed by atoms with Gasteiger partial charge in [0.25, 0.3) is 0 Å². The van der Waals surface area contributed by atoms with Crippen LogP contribution >= 0.6 is 0 Å². The maximum absolute atomic E-state index is 12.5. The summed E-state index contributed by atoms with van der Waals surface area (Å²) >= 11 is 0. The normalized spacial score (nSPS) is 11.2. The van der Waals surface area contributed by atoms with Gasteiger partial charge in [0.2, 0.25) is 0 Å². The van der Waals surface area contributed by atoms with Gasteiger partial charge in [-0.25, -0.2) is 0 Å². The Labute approximate surface area is 201 Å². The van der Waals surface area contributed by atoms with Gasteiger partial charge in [-0.2, -0.15) is 0 Å². The molecule has 0 amide bonds. The van der Waals surface area contributed by atoms with Crippen LogP contribution in [0.15, 0.2) is 109 Å². The Morgan fingerprint density at radius 1 is 0.457 bits per heavy atom. The molecular weight excluding hydrogens is 436 g/mol. The van der Waals surface area contributed by atoms with Crippen molar-refractivity contribution in [2.24, 2.45) is 0 Å². The molecule has 0 bridgehead atoms. The van der Waals surface area contributed by atoms with Crippen LogP contribution in [-0.2, 0) is 9.59 Å². The Morgan fingerprint density at radius 3 is 1.29 bits per heavy atom. The van der Waals surface area contributed by atoms with Crippen LogP contribution in [0.25, 0.3) is 43.1 Å². The summed E-state index contributed by atoms with van der Waals surface area (Å²) < 4.78 is 10.9. The number of ether oxygens (including phenoxy) is 2. The number of rotatable bonds is 4. The van der Waals surface area contributed by atoms with Gasteiger partial charge < -0.3 is 9.47 Å². The van der Waals surface area contributed by atoms with E-state index in [0.29, 0.717) is 11.5 Å². The number of hydrogen-bond donors (Lipinski definition) is 0. The van der Waals surface area contributed by atoms with Gasteiger partial charge in [-0.1, -0.05) is 84.9 Å². The fourth-order valence-corrected chi connectivity index (χ4v) is 4.54. The topological polar surface area (TPSA) is 52.6 Å². The zero-order chi connectivity index (χ0) is 23.8. The van der Waals surface area contributed by atoms with Gasteiger partial charge in [0.1, 0.15) is 17.9 Å². The molecule has 0 atom stereocenters. The highest BCUT2D eigenvalue weighted by atomic mass is 16.6. The molecule has 0 saturated carbocycles. The molecule has 0 saturated heterocycles. The largest absolute Gasteiger partial charge is 0.426 e. The molecule has 0 spiro atoms. The minimum absolute atomic E-state index is 0.392. The first-order valence-corrected chi connectivity index (χ1v) is 11.4. The summed E-state index contributed by atoms with van der Waals surface area (Å²) in [7, 11) is 0. The first-order chi connectivity index (χ1) is 17.1. The van der Waals surface area contributed by atoms with Crippen LogP contribution in [0.4, 0.5) is 0 Å². The molecule has 0 aromatic heterocycles. The molecule has 0 heterocycles. The third kappa shape index (κ3) is 4.06. The monoisotopic (exact) mass is 456 g/mol. The van der Waals surface area contributed by atoms with Gasteiger partial charge in [-0.3, -0.25) is 9.59 Å². The maximum Gasteiger partial charge on any atom is 0.322 e. The molecule has 0 aliphatic rings. The van der Waals surface area contributed by atoms with E-state index >= 15 is 0 Å². The van der Waals surface area contributed by atoms with Crippen molar-refractivity contribution in [3.63, 3.8) is 0 Å². The molecule has 6 aromatic rings. The molecule has 6 rings (SSSR count). The summed E-state index contributed by atoms with van der Waals surface area (Å²) in [6, 6.07) is 35.2. The molecule has 0 aliphatic carbocycles. The second kappa shape index (κ2) is 8.58. The van der Waals surface area contributed by atoms with E-state index in [2.05, 4.69) is 12.1 Å².